The molecule has 0 bridgehead atoms. The zero-order valence-corrected chi connectivity index (χ0v) is 15.1. The summed E-state index contributed by atoms with van der Waals surface area (Å²) in [6.07, 6.45) is -3.90. The molecular weight excluding hydrogens is 401 g/mol. The van der Waals surface area contributed by atoms with Crippen LogP contribution in [0.15, 0.2) is 41.4 Å². The molecule has 1 unspecified atom stereocenters. The van der Waals surface area contributed by atoms with Crippen molar-refractivity contribution in [1.82, 2.24) is 4.98 Å². The van der Waals surface area contributed by atoms with Crippen molar-refractivity contribution < 1.29 is 36.3 Å². The van der Waals surface area contributed by atoms with Crippen LogP contribution in [0.5, 0.6) is 0 Å². The second-order valence-electron chi connectivity index (χ2n) is 6.32. The van der Waals surface area contributed by atoms with Crippen LogP contribution in [0.25, 0.3) is 0 Å². The number of aromatic nitrogens is 1. The van der Waals surface area contributed by atoms with E-state index in [1.807, 2.05) is 5.32 Å². The molecule has 2 heterocycles. The summed E-state index contributed by atoms with van der Waals surface area (Å²) in [5.74, 6) is -2.99. The highest BCUT2D eigenvalue weighted by Crippen LogP contribution is 2.33. The molecule has 0 spiro atoms. The Labute approximate surface area is 157 Å². The minimum absolute atomic E-state index is 0.0503. The molecule has 0 fully saturated rings. The fourth-order valence-electron chi connectivity index (χ4n) is 2.59. The third-order valence-corrected chi connectivity index (χ3v) is 5.94. The number of fused-ring (bicyclic) bond motifs is 2. The summed E-state index contributed by atoms with van der Waals surface area (Å²) in [6, 6.07) is 5.96. The van der Waals surface area contributed by atoms with Gasteiger partial charge >= 0.3 is 6.18 Å². The minimum atomic E-state index is -5.24. The predicted octanol–water partition coefficient (Wildman–Crippen LogP) is 1.85. The van der Waals surface area contributed by atoms with Gasteiger partial charge in [-0.05, 0) is 37.3 Å². The Balaban J connectivity index is 2.04. The SMILES string of the molecule is CC(O)(C(=O)Nc1ccc2c(c1)S(=O)(=O)Cc1ncccc1C2=O)C(F)(F)F. The normalized spacial score (nSPS) is 17.7. The van der Waals surface area contributed by atoms with E-state index in [9.17, 15) is 36.3 Å². The van der Waals surface area contributed by atoms with Gasteiger partial charge in [0.25, 0.3) is 5.91 Å². The lowest BCUT2D eigenvalue weighted by Gasteiger charge is -2.25. The summed E-state index contributed by atoms with van der Waals surface area (Å²) in [6.45, 7) is 0.272. The first-order chi connectivity index (χ1) is 12.8. The number of halogens is 3. The number of rotatable bonds is 2. The van der Waals surface area contributed by atoms with E-state index in [0.717, 1.165) is 18.2 Å². The molecular formula is C17H13F3N2O5S. The van der Waals surface area contributed by atoms with Crippen LogP contribution in [0.1, 0.15) is 28.5 Å². The van der Waals surface area contributed by atoms with Crippen molar-refractivity contribution in [2.45, 2.75) is 29.3 Å². The Kier molecular flexibility index (Phi) is 4.55. The summed E-state index contributed by atoms with van der Waals surface area (Å²) >= 11 is 0. The number of ketones is 1. The maximum atomic E-state index is 12.8. The maximum Gasteiger partial charge on any atom is 0.426 e. The minimum Gasteiger partial charge on any atom is -0.373 e. The van der Waals surface area contributed by atoms with Gasteiger partial charge in [-0.2, -0.15) is 13.2 Å². The van der Waals surface area contributed by atoms with Gasteiger partial charge in [-0.1, -0.05) is 0 Å². The standard InChI is InChI=1S/C17H13F3N2O5S/c1-16(25,17(18,19)20)15(24)22-9-4-5-11-13(7-9)28(26,27)8-12-10(14(11)23)3-2-6-21-12/h2-7,25H,8H2,1H3,(H,22,24). The number of anilines is 1. The molecule has 1 aliphatic rings. The Morgan fingerprint density at radius 3 is 2.54 bits per heavy atom. The molecule has 7 nitrogen and oxygen atoms in total. The van der Waals surface area contributed by atoms with Crippen molar-refractivity contribution in [2.24, 2.45) is 0 Å². The molecule has 0 radical (unpaired) electrons. The highest BCUT2D eigenvalue weighted by Gasteiger charge is 2.55. The van der Waals surface area contributed by atoms with Crippen LogP contribution in [-0.4, -0.2) is 42.0 Å². The lowest BCUT2D eigenvalue weighted by molar-refractivity contribution is -0.242. The molecule has 1 aromatic heterocycles. The molecule has 3 rings (SSSR count). The van der Waals surface area contributed by atoms with Crippen LogP contribution < -0.4 is 5.32 Å². The highest BCUT2D eigenvalue weighted by atomic mass is 32.2. The number of aliphatic hydroxyl groups is 1. The molecule has 2 N–H and O–H groups in total. The Bertz CT molecular complexity index is 1090. The van der Waals surface area contributed by atoms with Crippen molar-refractivity contribution >= 4 is 27.2 Å². The summed E-state index contributed by atoms with van der Waals surface area (Å²) in [4.78, 5) is 27.9. The van der Waals surface area contributed by atoms with Gasteiger partial charge in [0.15, 0.2) is 15.6 Å². The molecule has 11 heteroatoms. The third-order valence-electron chi connectivity index (χ3n) is 4.27. The molecule has 1 aromatic carbocycles. The second-order valence-corrected chi connectivity index (χ2v) is 8.28. The van der Waals surface area contributed by atoms with Gasteiger partial charge in [0.1, 0.15) is 0 Å². The van der Waals surface area contributed by atoms with Gasteiger partial charge in [-0.15, -0.1) is 0 Å². The molecule has 0 aliphatic carbocycles. The first kappa shape index (κ1) is 20.0. The van der Waals surface area contributed by atoms with Gasteiger partial charge < -0.3 is 10.4 Å². The number of carbonyl (C=O) groups is 2. The van der Waals surface area contributed by atoms with Crippen molar-refractivity contribution in [3.8, 4) is 0 Å². The molecule has 1 aliphatic heterocycles. The maximum absolute atomic E-state index is 12.8. The first-order valence-corrected chi connectivity index (χ1v) is 9.46. The van der Waals surface area contributed by atoms with Crippen LogP contribution in [0.3, 0.4) is 0 Å². The Hall–Kier alpha value is -2.79. The average molecular weight is 414 g/mol. The molecule has 2 aromatic rings. The van der Waals surface area contributed by atoms with Crippen LogP contribution >= 0.6 is 0 Å². The third kappa shape index (κ3) is 3.27. The second kappa shape index (κ2) is 6.38. The van der Waals surface area contributed by atoms with Crippen molar-refractivity contribution in [1.29, 1.82) is 0 Å². The van der Waals surface area contributed by atoms with E-state index in [-0.39, 0.29) is 29.4 Å². The van der Waals surface area contributed by atoms with Gasteiger partial charge in [-0.3, -0.25) is 14.6 Å². The van der Waals surface area contributed by atoms with E-state index in [1.165, 1.54) is 18.3 Å². The van der Waals surface area contributed by atoms with E-state index in [4.69, 9.17) is 0 Å². The molecule has 0 saturated carbocycles. The summed E-state index contributed by atoms with van der Waals surface area (Å²) in [5.41, 5.74) is -4.04. The number of amides is 1. The number of hydrogen-bond acceptors (Lipinski definition) is 6. The fourth-order valence-corrected chi connectivity index (χ4v) is 4.14. The van der Waals surface area contributed by atoms with Crippen molar-refractivity contribution in [3.05, 3.63) is 53.3 Å². The number of nitrogens with zero attached hydrogens (tertiary/aromatic N) is 1. The molecule has 1 atom stereocenters. The summed E-state index contributed by atoms with van der Waals surface area (Å²) in [7, 11) is -4.07. The van der Waals surface area contributed by atoms with E-state index in [2.05, 4.69) is 4.98 Å². The quantitative estimate of drug-likeness (QED) is 0.776. The number of alkyl halides is 3. The van der Waals surface area contributed by atoms with Gasteiger partial charge in [0, 0.05) is 23.0 Å². The van der Waals surface area contributed by atoms with Crippen LogP contribution in [0.2, 0.25) is 0 Å². The fraction of sp³-hybridized carbons (Fsp3) is 0.235. The van der Waals surface area contributed by atoms with E-state index < -0.39 is 44.0 Å². The Morgan fingerprint density at radius 1 is 1.21 bits per heavy atom. The number of benzene rings is 1. The van der Waals surface area contributed by atoms with E-state index in [0.29, 0.717) is 0 Å². The lowest BCUT2D eigenvalue weighted by Crippen LogP contribution is -2.52. The number of sulfone groups is 1. The molecule has 28 heavy (non-hydrogen) atoms. The monoisotopic (exact) mass is 414 g/mol. The highest BCUT2D eigenvalue weighted by molar-refractivity contribution is 7.90. The molecule has 0 saturated heterocycles. The number of carbonyl (C=O) groups excluding carboxylic acids is 2. The van der Waals surface area contributed by atoms with Crippen LogP contribution in [-0.2, 0) is 20.4 Å². The smallest absolute Gasteiger partial charge is 0.373 e. The number of nitrogens with one attached hydrogen (secondary N) is 1. The zero-order valence-electron chi connectivity index (χ0n) is 14.2. The molecule has 1 amide bonds. The van der Waals surface area contributed by atoms with Crippen molar-refractivity contribution in [3.63, 3.8) is 0 Å². The van der Waals surface area contributed by atoms with Gasteiger partial charge in [0.05, 0.1) is 16.3 Å². The summed E-state index contributed by atoms with van der Waals surface area (Å²) in [5, 5.41) is 11.2. The Morgan fingerprint density at radius 2 is 1.89 bits per heavy atom. The van der Waals surface area contributed by atoms with E-state index in [1.54, 1.807) is 0 Å². The lowest BCUT2D eigenvalue weighted by atomic mass is 10.0. The molecule has 148 valence electrons. The van der Waals surface area contributed by atoms with Crippen LogP contribution in [0.4, 0.5) is 18.9 Å². The van der Waals surface area contributed by atoms with Crippen molar-refractivity contribution in [2.75, 3.05) is 5.32 Å². The number of pyridine rings is 1. The van der Waals surface area contributed by atoms with Gasteiger partial charge in [-0.25, -0.2) is 8.42 Å². The van der Waals surface area contributed by atoms with E-state index >= 15 is 0 Å². The zero-order chi connectivity index (χ0) is 20.9. The largest absolute Gasteiger partial charge is 0.426 e. The predicted molar refractivity (Wildman–Crippen MR) is 90.3 cm³/mol. The topological polar surface area (TPSA) is 113 Å². The first-order valence-electron chi connectivity index (χ1n) is 7.80. The van der Waals surface area contributed by atoms with Crippen LogP contribution in [0, 0.1) is 0 Å². The summed E-state index contributed by atoms with van der Waals surface area (Å²) < 4.78 is 63.7. The number of hydrogen-bond donors (Lipinski definition) is 2. The van der Waals surface area contributed by atoms with Gasteiger partial charge in [0.2, 0.25) is 5.60 Å². The average Bonchev–Trinajstić information content (AvgIpc) is 2.67.